The van der Waals surface area contributed by atoms with Gasteiger partial charge in [0.25, 0.3) is 11.8 Å². The Balaban J connectivity index is 0.00000456. The standard InChI is InChI=1S/C24H22Cl2N4O5.H2S/c25-17-5-2-6-18(26)21(17)23(33)30-19(24(34)35)8-7-16(31)13-29-22(32)15-4-1-3-14(11-15)12-20-27-9-10-28-20;/h1-6,9-11,19H,7-8,12-13H2,(H,27,28)(H,29,32)(H,30,33)(H,34,35);1H2/t19-;/m0./s1. The van der Waals surface area contributed by atoms with Gasteiger partial charge in [0, 0.05) is 30.8 Å². The van der Waals surface area contributed by atoms with Crippen molar-refractivity contribution in [2.45, 2.75) is 25.3 Å². The number of imidazole rings is 1. The minimum atomic E-state index is -1.34. The number of hydrogen-bond donors (Lipinski definition) is 4. The third kappa shape index (κ3) is 8.11. The molecule has 0 aliphatic heterocycles. The largest absolute Gasteiger partial charge is 0.480 e. The lowest BCUT2D eigenvalue weighted by Crippen LogP contribution is -2.41. The van der Waals surface area contributed by atoms with Crippen LogP contribution >= 0.6 is 36.7 Å². The first-order valence-electron chi connectivity index (χ1n) is 10.6. The number of hydrogen-bond acceptors (Lipinski definition) is 5. The molecule has 0 radical (unpaired) electrons. The molecule has 190 valence electrons. The van der Waals surface area contributed by atoms with Crippen LogP contribution in [0, 0.1) is 0 Å². The maximum atomic E-state index is 12.5. The molecule has 1 aromatic heterocycles. The monoisotopic (exact) mass is 550 g/mol. The van der Waals surface area contributed by atoms with Crippen molar-refractivity contribution < 1.29 is 24.3 Å². The molecule has 0 fully saturated rings. The van der Waals surface area contributed by atoms with Crippen molar-refractivity contribution in [3.05, 3.63) is 87.4 Å². The van der Waals surface area contributed by atoms with Crippen molar-refractivity contribution >= 4 is 60.3 Å². The van der Waals surface area contributed by atoms with E-state index < -0.39 is 23.8 Å². The number of carbonyl (C=O) groups excluding carboxylic acids is 3. The number of nitrogens with one attached hydrogen (secondary N) is 3. The summed E-state index contributed by atoms with van der Waals surface area (Å²) >= 11 is 12.0. The number of aromatic nitrogens is 2. The number of rotatable bonds is 11. The van der Waals surface area contributed by atoms with E-state index in [1.165, 1.54) is 12.1 Å². The Morgan fingerprint density at radius 3 is 2.36 bits per heavy atom. The van der Waals surface area contributed by atoms with Crippen molar-refractivity contribution in [3.8, 4) is 0 Å². The average Bonchev–Trinajstić information content (AvgIpc) is 3.33. The van der Waals surface area contributed by atoms with Gasteiger partial charge in [0.15, 0.2) is 5.78 Å². The summed E-state index contributed by atoms with van der Waals surface area (Å²) in [4.78, 5) is 55.9. The van der Waals surface area contributed by atoms with Crippen LogP contribution in [0.1, 0.15) is 44.9 Å². The van der Waals surface area contributed by atoms with Gasteiger partial charge in [0.05, 0.1) is 22.2 Å². The number of carboxylic acids is 1. The van der Waals surface area contributed by atoms with Gasteiger partial charge in [-0.2, -0.15) is 13.5 Å². The second-order valence-corrected chi connectivity index (χ2v) is 8.45. The van der Waals surface area contributed by atoms with Crippen LogP contribution in [0.2, 0.25) is 10.0 Å². The smallest absolute Gasteiger partial charge is 0.326 e. The number of halogens is 2. The lowest BCUT2D eigenvalue weighted by Gasteiger charge is -2.15. The third-order valence-corrected chi connectivity index (χ3v) is 5.70. The van der Waals surface area contributed by atoms with E-state index in [4.69, 9.17) is 23.2 Å². The van der Waals surface area contributed by atoms with Crippen molar-refractivity contribution in [2.75, 3.05) is 6.54 Å². The molecule has 3 rings (SSSR count). The minimum absolute atomic E-state index is 0. The second kappa shape index (κ2) is 13.7. The number of aromatic amines is 1. The summed E-state index contributed by atoms with van der Waals surface area (Å²) in [6, 6.07) is 10.1. The first kappa shape index (κ1) is 28.9. The molecular formula is C24H24Cl2N4O5S. The lowest BCUT2D eigenvalue weighted by molar-refractivity contribution is -0.139. The van der Waals surface area contributed by atoms with Crippen LogP contribution in [-0.2, 0) is 16.0 Å². The number of H-pyrrole nitrogens is 1. The predicted octanol–water partition coefficient (Wildman–Crippen LogP) is 3.38. The van der Waals surface area contributed by atoms with Gasteiger partial charge in [0.1, 0.15) is 11.9 Å². The van der Waals surface area contributed by atoms with E-state index in [9.17, 15) is 24.3 Å². The highest BCUT2D eigenvalue weighted by atomic mass is 35.5. The zero-order valence-electron chi connectivity index (χ0n) is 18.9. The Bertz CT molecular complexity index is 1220. The second-order valence-electron chi connectivity index (χ2n) is 7.63. The number of nitrogens with zero attached hydrogens (tertiary/aromatic N) is 1. The first-order valence-corrected chi connectivity index (χ1v) is 11.3. The third-order valence-electron chi connectivity index (χ3n) is 5.07. The molecule has 0 bridgehead atoms. The van der Waals surface area contributed by atoms with E-state index >= 15 is 0 Å². The van der Waals surface area contributed by atoms with Crippen molar-refractivity contribution in [1.29, 1.82) is 0 Å². The van der Waals surface area contributed by atoms with Crippen LogP contribution in [0.5, 0.6) is 0 Å². The fraction of sp³-hybridized carbons (Fsp3) is 0.208. The molecule has 0 saturated heterocycles. The van der Waals surface area contributed by atoms with E-state index in [2.05, 4.69) is 20.6 Å². The highest BCUT2D eigenvalue weighted by molar-refractivity contribution is 7.59. The highest BCUT2D eigenvalue weighted by Crippen LogP contribution is 2.24. The number of carboxylic acid groups (broad SMARTS) is 1. The van der Waals surface area contributed by atoms with Crippen LogP contribution in [0.15, 0.2) is 54.9 Å². The first-order chi connectivity index (χ1) is 16.7. The van der Waals surface area contributed by atoms with Crippen LogP contribution in [0.4, 0.5) is 0 Å². The summed E-state index contributed by atoms with van der Waals surface area (Å²) < 4.78 is 0. The maximum absolute atomic E-state index is 12.5. The molecule has 0 unspecified atom stereocenters. The number of ketones is 1. The Kier molecular flexibility index (Phi) is 11.0. The molecule has 4 N–H and O–H groups in total. The van der Waals surface area contributed by atoms with Gasteiger partial charge < -0.3 is 20.7 Å². The molecule has 36 heavy (non-hydrogen) atoms. The topological polar surface area (TPSA) is 141 Å². The summed E-state index contributed by atoms with van der Waals surface area (Å²) in [5.41, 5.74) is 1.21. The molecule has 2 amide bonds. The zero-order chi connectivity index (χ0) is 25.4. The number of benzene rings is 2. The molecule has 9 nitrogen and oxygen atoms in total. The normalized spacial score (nSPS) is 11.2. The van der Waals surface area contributed by atoms with E-state index in [0.717, 1.165) is 11.4 Å². The van der Waals surface area contributed by atoms with Gasteiger partial charge in [0.2, 0.25) is 0 Å². The van der Waals surface area contributed by atoms with Gasteiger partial charge in [-0.1, -0.05) is 41.4 Å². The molecule has 12 heteroatoms. The number of carbonyl (C=O) groups is 4. The summed E-state index contributed by atoms with van der Waals surface area (Å²) in [7, 11) is 0. The molecule has 0 spiro atoms. The Hall–Kier alpha value is -3.34. The molecule has 2 aromatic carbocycles. The van der Waals surface area contributed by atoms with Gasteiger partial charge in [-0.05, 0) is 36.2 Å². The summed E-state index contributed by atoms with van der Waals surface area (Å²) in [5.74, 6) is -2.14. The molecule has 0 aliphatic rings. The van der Waals surface area contributed by atoms with E-state index in [1.54, 1.807) is 36.7 Å². The molecule has 0 aliphatic carbocycles. The number of Topliss-reactive ketones (excluding diaryl/α,β-unsaturated/α-hetero) is 1. The SMILES string of the molecule is O=C(CC[C@H](NC(=O)c1c(Cl)cccc1Cl)C(=O)O)CNC(=O)c1cccc(Cc2ncc[nH]2)c1.S. The zero-order valence-corrected chi connectivity index (χ0v) is 21.4. The highest BCUT2D eigenvalue weighted by Gasteiger charge is 2.24. The molecule has 1 atom stereocenters. The summed E-state index contributed by atoms with van der Waals surface area (Å²) in [5, 5.41) is 14.5. The lowest BCUT2D eigenvalue weighted by atomic mass is 10.1. The van der Waals surface area contributed by atoms with E-state index in [1.807, 2.05) is 6.07 Å². The van der Waals surface area contributed by atoms with Crippen LogP contribution in [0.3, 0.4) is 0 Å². The Labute approximate surface area is 224 Å². The maximum Gasteiger partial charge on any atom is 0.326 e. The van der Waals surface area contributed by atoms with E-state index in [0.29, 0.717) is 12.0 Å². The van der Waals surface area contributed by atoms with Crippen molar-refractivity contribution in [3.63, 3.8) is 0 Å². The van der Waals surface area contributed by atoms with Crippen molar-refractivity contribution in [1.82, 2.24) is 20.6 Å². The Morgan fingerprint density at radius 1 is 1.03 bits per heavy atom. The van der Waals surface area contributed by atoms with Gasteiger partial charge in [-0.25, -0.2) is 9.78 Å². The van der Waals surface area contributed by atoms with Crippen molar-refractivity contribution in [2.24, 2.45) is 0 Å². The fourth-order valence-corrected chi connectivity index (χ4v) is 3.86. The van der Waals surface area contributed by atoms with E-state index in [-0.39, 0.29) is 54.3 Å². The minimum Gasteiger partial charge on any atom is -0.480 e. The van der Waals surface area contributed by atoms with Crippen LogP contribution in [-0.4, -0.2) is 51.2 Å². The quantitative estimate of drug-likeness (QED) is 0.288. The molecule has 1 heterocycles. The van der Waals surface area contributed by atoms with Crippen LogP contribution in [0.25, 0.3) is 0 Å². The van der Waals surface area contributed by atoms with Crippen LogP contribution < -0.4 is 10.6 Å². The molecule has 3 aromatic rings. The summed E-state index contributed by atoms with van der Waals surface area (Å²) in [6.45, 7) is -0.280. The summed E-state index contributed by atoms with van der Waals surface area (Å²) in [6.07, 6.45) is 3.53. The van der Waals surface area contributed by atoms with Gasteiger partial charge in [-0.15, -0.1) is 0 Å². The predicted molar refractivity (Wildman–Crippen MR) is 140 cm³/mol. The molecule has 0 saturated carbocycles. The molecular weight excluding hydrogens is 527 g/mol. The van der Waals surface area contributed by atoms with Gasteiger partial charge in [-0.3, -0.25) is 14.4 Å². The Morgan fingerprint density at radius 2 is 1.72 bits per heavy atom. The fourth-order valence-electron chi connectivity index (χ4n) is 3.29. The number of aliphatic carboxylic acids is 1. The number of amides is 2. The van der Waals surface area contributed by atoms with Gasteiger partial charge >= 0.3 is 5.97 Å². The average molecular weight is 551 g/mol.